The van der Waals surface area contributed by atoms with Crippen molar-refractivity contribution in [1.29, 1.82) is 0 Å². The van der Waals surface area contributed by atoms with Crippen LogP contribution < -0.4 is 16.4 Å². The van der Waals surface area contributed by atoms with Crippen molar-refractivity contribution >= 4 is 23.4 Å². The summed E-state index contributed by atoms with van der Waals surface area (Å²) in [5.74, 6) is -0.741. The Morgan fingerprint density at radius 1 is 1.03 bits per heavy atom. The van der Waals surface area contributed by atoms with Gasteiger partial charge in [-0.3, -0.25) is 14.4 Å². The minimum absolute atomic E-state index is 0.0942. The Balaban J connectivity index is 1.65. The first-order chi connectivity index (χ1) is 15.3. The van der Waals surface area contributed by atoms with E-state index in [9.17, 15) is 14.4 Å². The minimum Gasteiger partial charge on any atom is -0.344 e. The number of hydrogen-bond donors (Lipinski definition) is 3. The molecule has 7 heteroatoms. The molecule has 1 fully saturated rings. The zero-order valence-corrected chi connectivity index (χ0v) is 18.7. The van der Waals surface area contributed by atoms with Gasteiger partial charge in [0.25, 0.3) is 0 Å². The fourth-order valence-corrected chi connectivity index (χ4v) is 3.86. The summed E-state index contributed by atoms with van der Waals surface area (Å²) >= 11 is 0. The van der Waals surface area contributed by atoms with E-state index >= 15 is 0 Å². The van der Waals surface area contributed by atoms with E-state index in [2.05, 4.69) is 10.6 Å². The third-order valence-electron chi connectivity index (χ3n) is 5.80. The Labute approximate surface area is 189 Å². The van der Waals surface area contributed by atoms with Gasteiger partial charge in [0, 0.05) is 31.1 Å². The molecule has 0 radical (unpaired) electrons. The van der Waals surface area contributed by atoms with Crippen LogP contribution in [-0.4, -0.2) is 47.8 Å². The highest BCUT2D eigenvalue weighted by Gasteiger charge is 2.31. The van der Waals surface area contributed by atoms with Crippen LogP contribution in [0.25, 0.3) is 0 Å². The molecule has 3 rings (SSSR count). The number of amides is 3. The molecule has 0 aromatic heterocycles. The monoisotopic (exact) mass is 436 g/mol. The molecule has 170 valence electrons. The number of benzene rings is 2. The summed E-state index contributed by atoms with van der Waals surface area (Å²) < 4.78 is 0. The molecule has 2 aromatic carbocycles. The second-order valence-corrected chi connectivity index (χ2v) is 8.49. The van der Waals surface area contributed by atoms with Gasteiger partial charge in [-0.25, -0.2) is 0 Å². The Morgan fingerprint density at radius 2 is 1.66 bits per heavy atom. The minimum atomic E-state index is -0.699. The molecule has 4 N–H and O–H groups in total. The number of carbonyl (C=O) groups excluding carboxylic acids is 3. The lowest BCUT2D eigenvalue weighted by atomic mass is 9.94. The summed E-state index contributed by atoms with van der Waals surface area (Å²) in [6.45, 7) is 4.65. The predicted octanol–water partition coefficient (Wildman–Crippen LogP) is 2.25. The first-order valence-corrected chi connectivity index (χ1v) is 11.1. The van der Waals surface area contributed by atoms with Crippen LogP contribution in [-0.2, 0) is 20.8 Å². The predicted molar refractivity (Wildman–Crippen MR) is 125 cm³/mol. The van der Waals surface area contributed by atoms with Crippen molar-refractivity contribution in [3.8, 4) is 0 Å². The summed E-state index contributed by atoms with van der Waals surface area (Å²) in [4.78, 5) is 39.8. The number of anilines is 1. The Hall–Kier alpha value is -3.19. The van der Waals surface area contributed by atoms with E-state index in [1.54, 1.807) is 11.8 Å². The van der Waals surface area contributed by atoms with E-state index in [0.717, 1.165) is 11.1 Å². The maximum Gasteiger partial charge on any atom is 0.247 e. The summed E-state index contributed by atoms with van der Waals surface area (Å²) in [5, 5.41) is 5.87. The number of nitrogens with one attached hydrogen (secondary N) is 2. The quantitative estimate of drug-likeness (QED) is 0.619. The summed E-state index contributed by atoms with van der Waals surface area (Å²) in [6.07, 6.45) is 1.51. The van der Waals surface area contributed by atoms with Crippen molar-refractivity contribution in [3.63, 3.8) is 0 Å². The number of nitrogens with two attached hydrogens (primary N) is 1. The molecule has 1 heterocycles. The molecule has 2 aromatic rings. The SMILES string of the molecule is Cc1ccc(NC(=O)[C@@H](Cc2ccccc2)NC(=O)C2CCN(C(=O)[C@@H](C)N)CC2)cc1. The second kappa shape index (κ2) is 10.9. The molecule has 0 spiro atoms. The molecular formula is C25H32N4O3. The van der Waals surface area contributed by atoms with Gasteiger partial charge in [0.1, 0.15) is 6.04 Å². The molecular weight excluding hydrogens is 404 g/mol. The first-order valence-electron chi connectivity index (χ1n) is 11.1. The van der Waals surface area contributed by atoms with Crippen LogP contribution in [0, 0.1) is 12.8 Å². The third kappa shape index (κ3) is 6.40. The molecule has 0 aliphatic carbocycles. The van der Waals surface area contributed by atoms with E-state index in [1.165, 1.54) is 0 Å². The van der Waals surface area contributed by atoms with Crippen molar-refractivity contribution in [2.75, 3.05) is 18.4 Å². The largest absolute Gasteiger partial charge is 0.344 e. The maximum absolute atomic E-state index is 13.0. The smallest absolute Gasteiger partial charge is 0.247 e. The first kappa shape index (κ1) is 23.5. The fraction of sp³-hybridized carbons (Fsp3) is 0.400. The van der Waals surface area contributed by atoms with Crippen molar-refractivity contribution in [2.45, 2.75) is 45.2 Å². The molecule has 0 bridgehead atoms. The lowest BCUT2D eigenvalue weighted by molar-refractivity contribution is -0.136. The molecule has 0 saturated carbocycles. The van der Waals surface area contributed by atoms with Crippen molar-refractivity contribution < 1.29 is 14.4 Å². The Kier molecular flexibility index (Phi) is 8.00. The summed E-state index contributed by atoms with van der Waals surface area (Å²) in [7, 11) is 0. The highest BCUT2D eigenvalue weighted by molar-refractivity contribution is 5.97. The van der Waals surface area contributed by atoms with Crippen LogP contribution in [0.1, 0.15) is 30.9 Å². The number of piperidine rings is 1. The number of aryl methyl sites for hydroxylation is 1. The number of carbonyl (C=O) groups is 3. The molecule has 1 saturated heterocycles. The van der Waals surface area contributed by atoms with E-state index in [1.807, 2.05) is 61.5 Å². The molecule has 2 atom stereocenters. The highest BCUT2D eigenvalue weighted by atomic mass is 16.2. The van der Waals surface area contributed by atoms with Crippen LogP contribution >= 0.6 is 0 Å². The fourth-order valence-electron chi connectivity index (χ4n) is 3.86. The van der Waals surface area contributed by atoms with Crippen molar-refractivity contribution in [1.82, 2.24) is 10.2 Å². The zero-order chi connectivity index (χ0) is 23.1. The number of hydrogen-bond acceptors (Lipinski definition) is 4. The van der Waals surface area contributed by atoms with Gasteiger partial charge >= 0.3 is 0 Å². The Morgan fingerprint density at radius 3 is 2.25 bits per heavy atom. The second-order valence-electron chi connectivity index (χ2n) is 8.49. The lowest BCUT2D eigenvalue weighted by Crippen LogP contribution is -2.51. The normalized spacial score (nSPS) is 16.2. The molecule has 0 unspecified atom stereocenters. The summed E-state index contributed by atoms with van der Waals surface area (Å²) in [5.41, 5.74) is 8.45. The van der Waals surface area contributed by atoms with Crippen LogP contribution in [0.15, 0.2) is 54.6 Å². The summed E-state index contributed by atoms with van der Waals surface area (Å²) in [6, 6.07) is 15.9. The van der Waals surface area contributed by atoms with Crippen molar-refractivity contribution in [3.05, 3.63) is 65.7 Å². The third-order valence-corrected chi connectivity index (χ3v) is 5.80. The average molecular weight is 437 g/mol. The lowest BCUT2D eigenvalue weighted by Gasteiger charge is -2.33. The number of likely N-dealkylation sites (tertiary alicyclic amines) is 1. The van der Waals surface area contributed by atoms with E-state index in [4.69, 9.17) is 5.73 Å². The van der Waals surface area contributed by atoms with Gasteiger partial charge in [-0.1, -0.05) is 48.0 Å². The van der Waals surface area contributed by atoms with Crippen LogP contribution in [0.4, 0.5) is 5.69 Å². The molecule has 3 amide bonds. The van der Waals surface area contributed by atoms with Crippen molar-refractivity contribution in [2.24, 2.45) is 11.7 Å². The van der Waals surface area contributed by atoms with Gasteiger partial charge in [0.05, 0.1) is 6.04 Å². The van der Waals surface area contributed by atoms with E-state index in [0.29, 0.717) is 38.0 Å². The van der Waals surface area contributed by atoms with Gasteiger partial charge in [-0.2, -0.15) is 0 Å². The number of rotatable bonds is 7. The van der Waals surface area contributed by atoms with Crippen LogP contribution in [0.3, 0.4) is 0 Å². The molecule has 1 aliphatic heterocycles. The Bertz CT molecular complexity index is 920. The van der Waals surface area contributed by atoms with E-state index in [-0.39, 0.29) is 23.6 Å². The standard InChI is InChI=1S/C25H32N4O3/c1-17-8-10-21(11-9-17)27-24(31)22(16-19-6-4-3-5-7-19)28-23(30)20-12-14-29(15-13-20)25(32)18(2)26/h3-11,18,20,22H,12-16,26H2,1-2H3,(H,27,31)(H,28,30)/t18-,22-/m1/s1. The highest BCUT2D eigenvalue weighted by Crippen LogP contribution is 2.19. The van der Waals surface area contributed by atoms with Gasteiger partial charge in [-0.05, 0) is 44.4 Å². The number of nitrogens with zero attached hydrogens (tertiary/aromatic N) is 1. The molecule has 7 nitrogen and oxygen atoms in total. The molecule has 1 aliphatic rings. The van der Waals surface area contributed by atoms with Gasteiger partial charge in [0.15, 0.2) is 0 Å². The average Bonchev–Trinajstić information content (AvgIpc) is 2.80. The van der Waals surface area contributed by atoms with Gasteiger partial charge < -0.3 is 21.3 Å². The molecule has 32 heavy (non-hydrogen) atoms. The maximum atomic E-state index is 13.0. The van der Waals surface area contributed by atoms with Gasteiger partial charge in [0.2, 0.25) is 17.7 Å². The van der Waals surface area contributed by atoms with E-state index < -0.39 is 12.1 Å². The van der Waals surface area contributed by atoms with Crippen LogP contribution in [0.5, 0.6) is 0 Å². The topological polar surface area (TPSA) is 105 Å². The van der Waals surface area contributed by atoms with Gasteiger partial charge in [-0.15, -0.1) is 0 Å². The zero-order valence-electron chi connectivity index (χ0n) is 18.7. The van der Waals surface area contributed by atoms with Crippen LogP contribution in [0.2, 0.25) is 0 Å².